The fourth-order valence-corrected chi connectivity index (χ4v) is 5.41. The van der Waals surface area contributed by atoms with Gasteiger partial charge in [-0.2, -0.15) is 0 Å². The molecular weight excluding hydrogens is 568 g/mol. The second-order valence-corrected chi connectivity index (χ2v) is 12.0. The van der Waals surface area contributed by atoms with E-state index in [-0.39, 0.29) is 11.8 Å². The third kappa shape index (κ3) is 6.06. The van der Waals surface area contributed by atoms with E-state index in [1.807, 2.05) is 42.5 Å². The molecule has 3 heterocycles. The fourth-order valence-electron chi connectivity index (χ4n) is 5.41. The topological polar surface area (TPSA) is 104 Å². The zero-order valence-electron chi connectivity index (χ0n) is 25.7. The third-order valence-corrected chi connectivity index (χ3v) is 7.53. The summed E-state index contributed by atoms with van der Waals surface area (Å²) in [6.45, 7) is 8.04. The molecule has 2 amide bonds. The maximum Gasteiger partial charge on any atom is 0.514 e. The summed E-state index contributed by atoms with van der Waals surface area (Å²) in [5.41, 5.74) is 4.52. The molecule has 0 aliphatic carbocycles. The van der Waals surface area contributed by atoms with Crippen molar-refractivity contribution >= 4 is 34.8 Å². The summed E-state index contributed by atoms with van der Waals surface area (Å²) in [6.07, 6.45) is 3.55. The Balaban J connectivity index is 1.27. The molecule has 9 heteroatoms. The molecule has 6 rings (SSSR count). The lowest BCUT2D eigenvalue weighted by Gasteiger charge is -2.19. The molecule has 0 fully saturated rings. The molecule has 9 nitrogen and oxygen atoms in total. The SMILES string of the molecule is CCCCc1nc2cc(N3C(=O)c4ccccc4C3=O)cnc2n1Cc1ccc(-c2ccccc2OC(=O)OC(C)(C)C)cc1. The molecule has 0 N–H and O–H groups in total. The number of carbonyl (C=O) groups is 3. The number of hydrogen-bond acceptors (Lipinski definition) is 7. The number of ether oxygens (including phenoxy) is 2. The number of benzene rings is 3. The van der Waals surface area contributed by atoms with Crippen LogP contribution in [0.15, 0.2) is 85.1 Å². The number of nitrogens with zero attached hydrogens (tertiary/aromatic N) is 4. The highest BCUT2D eigenvalue weighted by Crippen LogP contribution is 2.32. The average molecular weight is 603 g/mol. The van der Waals surface area contributed by atoms with Crippen LogP contribution in [0.1, 0.15) is 72.6 Å². The van der Waals surface area contributed by atoms with Crippen molar-refractivity contribution in [3.63, 3.8) is 0 Å². The van der Waals surface area contributed by atoms with Crippen LogP contribution in [0.5, 0.6) is 5.75 Å². The second-order valence-electron chi connectivity index (χ2n) is 12.0. The highest BCUT2D eigenvalue weighted by Gasteiger charge is 2.36. The normalized spacial score (nSPS) is 12.9. The van der Waals surface area contributed by atoms with Gasteiger partial charge in [0, 0.05) is 12.0 Å². The number of carbonyl (C=O) groups excluding carboxylic acids is 3. The van der Waals surface area contributed by atoms with Gasteiger partial charge in [-0.1, -0.05) is 67.9 Å². The first-order chi connectivity index (χ1) is 21.6. The summed E-state index contributed by atoms with van der Waals surface area (Å²) < 4.78 is 13.0. The van der Waals surface area contributed by atoms with E-state index < -0.39 is 11.8 Å². The number of unbranched alkanes of at least 4 members (excludes halogenated alkanes) is 1. The second kappa shape index (κ2) is 12.0. The van der Waals surface area contributed by atoms with E-state index in [0.29, 0.717) is 40.3 Å². The smallest absolute Gasteiger partial charge is 0.428 e. The van der Waals surface area contributed by atoms with E-state index in [0.717, 1.165) is 41.8 Å². The first kappa shape index (κ1) is 29.7. The number of pyridine rings is 1. The largest absolute Gasteiger partial charge is 0.514 e. The first-order valence-corrected chi connectivity index (χ1v) is 15.0. The molecule has 0 unspecified atom stereocenters. The number of fused-ring (bicyclic) bond motifs is 2. The van der Waals surface area contributed by atoms with E-state index in [2.05, 4.69) is 11.5 Å². The molecule has 1 aliphatic heterocycles. The molecule has 228 valence electrons. The van der Waals surface area contributed by atoms with Gasteiger partial charge in [-0.3, -0.25) is 9.59 Å². The van der Waals surface area contributed by atoms with Crippen LogP contribution in [0.4, 0.5) is 10.5 Å². The lowest BCUT2D eigenvalue weighted by atomic mass is 10.0. The maximum atomic E-state index is 13.1. The quantitative estimate of drug-likeness (QED) is 0.102. The van der Waals surface area contributed by atoms with Gasteiger partial charge in [-0.25, -0.2) is 19.7 Å². The summed E-state index contributed by atoms with van der Waals surface area (Å²) >= 11 is 0. The van der Waals surface area contributed by atoms with E-state index >= 15 is 0 Å². The lowest BCUT2D eigenvalue weighted by Crippen LogP contribution is -2.29. The molecule has 2 aromatic heterocycles. The number of rotatable bonds is 8. The van der Waals surface area contributed by atoms with Gasteiger partial charge >= 0.3 is 6.16 Å². The minimum absolute atomic E-state index is 0.361. The summed E-state index contributed by atoms with van der Waals surface area (Å²) in [7, 11) is 0. The summed E-state index contributed by atoms with van der Waals surface area (Å²) in [5.74, 6) is 0.583. The highest BCUT2D eigenvalue weighted by atomic mass is 16.7. The molecule has 1 aliphatic rings. The molecule has 0 bridgehead atoms. The monoisotopic (exact) mass is 602 g/mol. The summed E-state index contributed by atoms with van der Waals surface area (Å²) in [5, 5.41) is 0. The fraction of sp³-hybridized carbons (Fsp3) is 0.250. The van der Waals surface area contributed by atoms with Crippen LogP contribution >= 0.6 is 0 Å². The van der Waals surface area contributed by atoms with Crippen molar-refractivity contribution in [2.24, 2.45) is 0 Å². The van der Waals surface area contributed by atoms with E-state index in [9.17, 15) is 14.4 Å². The maximum absolute atomic E-state index is 13.1. The predicted octanol–water partition coefficient (Wildman–Crippen LogP) is 7.60. The molecule has 0 radical (unpaired) electrons. The molecule has 0 spiro atoms. The van der Waals surface area contributed by atoms with Gasteiger partial charge in [0.25, 0.3) is 11.8 Å². The minimum Gasteiger partial charge on any atom is -0.428 e. The van der Waals surface area contributed by atoms with Gasteiger partial charge in [-0.15, -0.1) is 0 Å². The Morgan fingerprint density at radius 1 is 0.867 bits per heavy atom. The minimum atomic E-state index is -0.753. The van der Waals surface area contributed by atoms with Gasteiger partial charge in [0.15, 0.2) is 5.65 Å². The van der Waals surface area contributed by atoms with Gasteiger partial charge in [0.1, 0.15) is 22.7 Å². The van der Waals surface area contributed by atoms with Crippen LogP contribution in [-0.2, 0) is 17.7 Å². The van der Waals surface area contributed by atoms with Gasteiger partial charge in [0.05, 0.1) is 29.6 Å². The van der Waals surface area contributed by atoms with Crippen molar-refractivity contribution in [1.29, 1.82) is 0 Å². The Kier molecular flexibility index (Phi) is 7.93. The number of aryl methyl sites for hydroxylation is 1. The number of hydrogen-bond donors (Lipinski definition) is 0. The Morgan fingerprint density at radius 3 is 2.16 bits per heavy atom. The van der Waals surface area contributed by atoms with Crippen LogP contribution in [-0.4, -0.2) is 38.1 Å². The summed E-state index contributed by atoms with van der Waals surface area (Å²) in [4.78, 5) is 49.3. The Labute approximate surface area is 261 Å². The Hall–Kier alpha value is -5.31. The zero-order valence-corrected chi connectivity index (χ0v) is 25.7. The molecule has 3 aromatic carbocycles. The number of imide groups is 1. The number of amides is 2. The standard InChI is InChI=1S/C36H34N4O5/c1-5-6-15-31-38-29-20-25(40-33(41)27-12-7-8-13-28(27)34(40)42)21-37-32(29)39(31)22-23-16-18-24(19-17-23)26-11-9-10-14-30(26)44-35(43)45-36(2,3)4/h7-14,16-21H,5-6,15,22H2,1-4H3. The van der Waals surface area contributed by atoms with E-state index in [4.69, 9.17) is 19.4 Å². The van der Waals surface area contributed by atoms with Crippen LogP contribution in [0.3, 0.4) is 0 Å². The van der Waals surface area contributed by atoms with Crippen molar-refractivity contribution in [2.75, 3.05) is 4.90 Å². The van der Waals surface area contributed by atoms with E-state index in [1.165, 1.54) is 4.90 Å². The van der Waals surface area contributed by atoms with Gasteiger partial charge in [0.2, 0.25) is 0 Å². The van der Waals surface area contributed by atoms with Crippen molar-refractivity contribution in [3.05, 3.63) is 108 Å². The lowest BCUT2D eigenvalue weighted by molar-refractivity contribution is 0.0207. The first-order valence-electron chi connectivity index (χ1n) is 15.0. The van der Waals surface area contributed by atoms with Crippen LogP contribution < -0.4 is 9.64 Å². The van der Waals surface area contributed by atoms with Crippen molar-refractivity contribution in [3.8, 4) is 16.9 Å². The third-order valence-electron chi connectivity index (χ3n) is 7.53. The van der Waals surface area contributed by atoms with Crippen LogP contribution in [0, 0.1) is 0 Å². The number of aromatic nitrogens is 3. The molecular formula is C36H34N4O5. The molecule has 0 saturated carbocycles. The molecule has 0 atom stereocenters. The average Bonchev–Trinajstić information content (AvgIpc) is 3.48. The van der Waals surface area contributed by atoms with Crippen molar-refractivity contribution in [1.82, 2.24) is 14.5 Å². The molecule has 0 saturated heterocycles. The Bertz CT molecular complexity index is 1890. The molecule has 5 aromatic rings. The molecule has 45 heavy (non-hydrogen) atoms. The van der Waals surface area contributed by atoms with Crippen LogP contribution in [0.25, 0.3) is 22.3 Å². The van der Waals surface area contributed by atoms with Crippen molar-refractivity contribution in [2.45, 2.75) is 59.1 Å². The summed E-state index contributed by atoms with van der Waals surface area (Å²) in [6, 6.07) is 24.0. The predicted molar refractivity (Wildman–Crippen MR) is 172 cm³/mol. The number of imidazole rings is 1. The van der Waals surface area contributed by atoms with Gasteiger partial charge in [-0.05, 0) is 62.6 Å². The number of anilines is 1. The zero-order chi connectivity index (χ0) is 31.7. The number of para-hydroxylation sites is 1. The van der Waals surface area contributed by atoms with Gasteiger partial charge < -0.3 is 14.0 Å². The Morgan fingerprint density at radius 2 is 1.51 bits per heavy atom. The van der Waals surface area contributed by atoms with Crippen molar-refractivity contribution < 1.29 is 23.9 Å². The highest BCUT2D eigenvalue weighted by molar-refractivity contribution is 6.34. The van der Waals surface area contributed by atoms with E-state index in [1.54, 1.807) is 63.4 Å². The van der Waals surface area contributed by atoms with Crippen LogP contribution in [0.2, 0.25) is 0 Å².